The first-order chi connectivity index (χ1) is 12.7. The van der Waals surface area contributed by atoms with Gasteiger partial charge in [0.1, 0.15) is 12.1 Å². The molecule has 4 rings (SSSR count). The molecular weight excluding hydrogens is 330 g/mol. The van der Waals surface area contributed by atoms with Crippen LogP contribution < -0.4 is 4.90 Å². The van der Waals surface area contributed by atoms with Crippen molar-refractivity contribution in [2.24, 2.45) is 0 Å². The first-order valence-corrected chi connectivity index (χ1v) is 10.0. The smallest absolute Gasteiger partial charge is 0.132 e. The number of rotatable bonds is 5. The van der Waals surface area contributed by atoms with Gasteiger partial charge in [0.05, 0.1) is 12.7 Å². The van der Waals surface area contributed by atoms with Gasteiger partial charge >= 0.3 is 0 Å². The summed E-state index contributed by atoms with van der Waals surface area (Å²) in [6.07, 6.45) is 5.57. The van der Waals surface area contributed by atoms with Crippen molar-refractivity contribution in [1.82, 2.24) is 19.8 Å². The summed E-state index contributed by atoms with van der Waals surface area (Å²) in [5, 5.41) is 18.6. The second kappa shape index (κ2) is 8.17. The summed E-state index contributed by atoms with van der Waals surface area (Å²) in [6.45, 7) is 7.54. The highest BCUT2D eigenvalue weighted by atomic mass is 16.3. The topological polar surface area (TPSA) is 76.0 Å². The van der Waals surface area contributed by atoms with Crippen LogP contribution in [0.15, 0.2) is 12.4 Å². The van der Waals surface area contributed by atoms with Gasteiger partial charge in [0, 0.05) is 69.5 Å². The number of piperazine rings is 1. The highest BCUT2D eigenvalue weighted by Crippen LogP contribution is 2.36. The Hall–Kier alpha value is -1.28. The van der Waals surface area contributed by atoms with Crippen LogP contribution in [0.4, 0.5) is 5.82 Å². The van der Waals surface area contributed by atoms with E-state index in [0.717, 1.165) is 70.2 Å². The number of aliphatic hydroxyl groups is 2. The molecule has 2 saturated heterocycles. The molecule has 3 heterocycles. The van der Waals surface area contributed by atoms with Crippen molar-refractivity contribution < 1.29 is 10.2 Å². The molecule has 0 unspecified atom stereocenters. The zero-order valence-electron chi connectivity index (χ0n) is 15.5. The summed E-state index contributed by atoms with van der Waals surface area (Å²) in [4.78, 5) is 16.3. The Morgan fingerprint density at radius 3 is 2.38 bits per heavy atom. The molecule has 1 saturated carbocycles. The number of aliphatic hydroxyl groups excluding tert-OH is 2. The molecule has 0 atom stereocenters. The molecule has 1 aromatic heterocycles. The van der Waals surface area contributed by atoms with E-state index < -0.39 is 0 Å². The van der Waals surface area contributed by atoms with Crippen molar-refractivity contribution in [3.05, 3.63) is 18.1 Å². The van der Waals surface area contributed by atoms with Crippen LogP contribution in [0.3, 0.4) is 0 Å². The molecule has 7 nitrogen and oxygen atoms in total. The number of hydrogen-bond acceptors (Lipinski definition) is 7. The Morgan fingerprint density at radius 2 is 1.73 bits per heavy atom. The van der Waals surface area contributed by atoms with Crippen LogP contribution >= 0.6 is 0 Å². The van der Waals surface area contributed by atoms with Crippen molar-refractivity contribution in [3.8, 4) is 0 Å². The maximum absolute atomic E-state index is 9.52. The molecular formula is C19H31N5O2. The van der Waals surface area contributed by atoms with E-state index in [1.54, 1.807) is 6.33 Å². The van der Waals surface area contributed by atoms with Crippen molar-refractivity contribution in [1.29, 1.82) is 0 Å². The summed E-state index contributed by atoms with van der Waals surface area (Å²) in [7, 11) is 0. The average molecular weight is 361 g/mol. The average Bonchev–Trinajstić information content (AvgIpc) is 2.67. The van der Waals surface area contributed by atoms with Crippen LogP contribution in [-0.2, 0) is 0 Å². The third-order valence-electron chi connectivity index (χ3n) is 6.33. The lowest BCUT2D eigenvalue weighted by atomic mass is 9.80. The van der Waals surface area contributed by atoms with E-state index in [-0.39, 0.29) is 12.7 Å². The van der Waals surface area contributed by atoms with Crippen molar-refractivity contribution in [3.63, 3.8) is 0 Å². The quantitative estimate of drug-likeness (QED) is 0.781. The zero-order chi connectivity index (χ0) is 17.9. The monoisotopic (exact) mass is 361 g/mol. The van der Waals surface area contributed by atoms with Gasteiger partial charge in [-0.15, -0.1) is 0 Å². The molecule has 0 bridgehead atoms. The van der Waals surface area contributed by atoms with Gasteiger partial charge in [0.2, 0.25) is 0 Å². The molecule has 0 spiro atoms. The molecule has 1 aromatic rings. The highest BCUT2D eigenvalue weighted by molar-refractivity contribution is 5.40. The van der Waals surface area contributed by atoms with Gasteiger partial charge in [-0.2, -0.15) is 0 Å². The van der Waals surface area contributed by atoms with Crippen LogP contribution in [0.25, 0.3) is 0 Å². The van der Waals surface area contributed by atoms with E-state index in [1.165, 1.54) is 12.8 Å². The summed E-state index contributed by atoms with van der Waals surface area (Å²) >= 11 is 0. The Morgan fingerprint density at radius 1 is 1.00 bits per heavy atom. The molecule has 7 heteroatoms. The summed E-state index contributed by atoms with van der Waals surface area (Å²) in [5.41, 5.74) is 1.09. The first-order valence-electron chi connectivity index (χ1n) is 10.0. The predicted octanol–water partition coefficient (Wildman–Crippen LogP) is 0.294. The van der Waals surface area contributed by atoms with Crippen LogP contribution in [0.1, 0.15) is 37.3 Å². The number of hydrogen-bond donors (Lipinski definition) is 2. The fourth-order valence-corrected chi connectivity index (χ4v) is 4.54. The summed E-state index contributed by atoms with van der Waals surface area (Å²) in [6, 6.07) is 2.80. The largest absolute Gasteiger partial charge is 0.395 e. The van der Waals surface area contributed by atoms with Gasteiger partial charge in [-0.05, 0) is 25.7 Å². The van der Waals surface area contributed by atoms with E-state index in [0.29, 0.717) is 12.0 Å². The van der Waals surface area contributed by atoms with Crippen molar-refractivity contribution >= 4 is 5.82 Å². The Kier molecular flexibility index (Phi) is 5.69. The van der Waals surface area contributed by atoms with Crippen LogP contribution in [0, 0.1) is 0 Å². The van der Waals surface area contributed by atoms with Crippen molar-refractivity contribution in [2.75, 3.05) is 57.3 Å². The number of aromatic nitrogens is 2. The molecule has 2 N–H and O–H groups in total. The van der Waals surface area contributed by atoms with E-state index >= 15 is 0 Å². The highest BCUT2D eigenvalue weighted by Gasteiger charge is 2.31. The Bertz CT molecular complexity index is 579. The molecule has 1 aliphatic carbocycles. The fourth-order valence-electron chi connectivity index (χ4n) is 4.54. The van der Waals surface area contributed by atoms with E-state index in [9.17, 15) is 5.11 Å². The SMILES string of the molecule is OCCN1CCN(C2CCN(c3cc(C4CC(O)C4)ncn3)CC2)CC1. The molecule has 3 aliphatic rings. The van der Waals surface area contributed by atoms with Crippen LogP contribution in [0.5, 0.6) is 0 Å². The lowest BCUT2D eigenvalue weighted by Crippen LogP contribution is -2.53. The van der Waals surface area contributed by atoms with Gasteiger partial charge in [-0.3, -0.25) is 9.80 Å². The van der Waals surface area contributed by atoms with Crippen LogP contribution in [0.2, 0.25) is 0 Å². The minimum absolute atomic E-state index is 0.146. The Labute approximate surface area is 155 Å². The Balaban J connectivity index is 1.28. The molecule has 2 aliphatic heterocycles. The maximum Gasteiger partial charge on any atom is 0.132 e. The minimum Gasteiger partial charge on any atom is -0.395 e. The number of nitrogens with zero attached hydrogens (tertiary/aromatic N) is 5. The predicted molar refractivity (Wildman–Crippen MR) is 100 cm³/mol. The number of β-amino-alcohol motifs (C(OH)–C–C–N with tert-alkyl or cyclic N) is 1. The van der Waals surface area contributed by atoms with Gasteiger partial charge in [0.15, 0.2) is 0 Å². The third-order valence-corrected chi connectivity index (χ3v) is 6.33. The molecule has 144 valence electrons. The van der Waals surface area contributed by atoms with E-state index in [2.05, 4.69) is 30.7 Å². The second-order valence-corrected chi connectivity index (χ2v) is 7.94. The van der Waals surface area contributed by atoms with Gasteiger partial charge in [-0.1, -0.05) is 0 Å². The molecule has 0 amide bonds. The number of anilines is 1. The zero-order valence-corrected chi connectivity index (χ0v) is 15.5. The standard InChI is InChI=1S/C19H31N5O2/c25-10-9-22-5-7-23(8-6-22)16-1-3-24(4-2-16)19-13-18(20-14-21-19)15-11-17(26)12-15/h13-17,25-26H,1-12H2. The summed E-state index contributed by atoms with van der Waals surface area (Å²) in [5.74, 6) is 1.45. The third kappa shape index (κ3) is 4.01. The minimum atomic E-state index is -0.146. The van der Waals surface area contributed by atoms with E-state index in [4.69, 9.17) is 5.11 Å². The van der Waals surface area contributed by atoms with Crippen LogP contribution in [-0.4, -0.2) is 94.5 Å². The summed E-state index contributed by atoms with van der Waals surface area (Å²) < 4.78 is 0. The lowest BCUT2D eigenvalue weighted by molar-refractivity contribution is 0.0729. The molecule has 3 fully saturated rings. The van der Waals surface area contributed by atoms with Crippen molar-refractivity contribution in [2.45, 2.75) is 43.7 Å². The van der Waals surface area contributed by atoms with E-state index in [1.807, 2.05) is 0 Å². The maximum atomic E-state index is 9.52. The molecule has 0 aromatic carbocycles. The second-order valence-electron chi connectivity index (χ2n) is 7.94. The number of piperidine rings is 1. The normalized spacial score (nSPS) is 28.9. The van der Waals surface area contributed by atoms with Gasteiger partial charge in [-0.25, -0.2) is 9.97 Å². The van der Waals surface area contributed by atoms with Gasteiger partial charge in [0.25, 0.3) is 0 Å². The first kappa shape index (κ1) is 18.1. The van der Waals surface area contributed by atoms with Gasteiger partial charge < -0.3 is 15.1 Å². The molecule has 26 heavy (non-hydrogen) atoms. The lowest BCUT2D eigenvalue weighted by Gasteiger charge is -2.43. The fraction of sp³-hybridized carbons (Fsp3) is 0.789. The molecule has 0 radical (unpaired) electrons.